The summed E-state index contributed by atoms with van der Waals surface area (Å²) in [7, 11) is 0. The number of nitro benzene ring substituents is 2. The first-order valence-corrected chi connectivity index (χ1v) is 40.8. The topological polar surface area (TPSA) is 575 Å². The van der Waals surface area contributed by atoms with Crippen LogP contribution in [0.4, 0.5) is 21.9 Å². The van der Waals surface area contributed by atoms with Crippen molar-refractivity contribution in [2.75, 3.05) is 115 Å². The summed E-state index contributed by atoms with van der Waals surface area (Å²) in [5, 5.41) is 67.7. The van der Waals surface area contributed by atoms with E-state index in [2.05, 4.69) is 68.8 Å². The summed E-state index contributed by atoms with van der Waals surface area (Å²) in [6.45, 7) is 9.33. The fourth-order valence-electron chi connectivity index (χ4n) is 12.6. The number of hydrogen-bond acceptors (Lipinski definition) is 25. The molecule has 2 aromatic carbocycles. The Bertz CT molecular complexity index is 3470. The van der Waals surface area contributed by atoms with Crippen LogP contribution >= 0.6 is 23.5 Å². The Morgan fingerprint density at radius 2 is 1.24 bits per heavy atom. The van der Waals surface area contributed by atoms with Crippen LogP contribution in [0.1, 0.15) is 122 Å². The van der Waals surface area contributed by atoms with Crippen LogP contribution < -0.4 is 86.7 Å². The molecule has 0 saturated carbocycles. The largest absolute Gasteiger partial charge is 0.391 e. The number of thioether (sulfide) groups is 2. The maximum absolute atomic E-state index is 14.9. The third-order valence-electron chi connectivity index (χ3n) is 18.6. The molecule has 11 amide bonds. The van der Waals surface area contributed by atoms with Crippen LogP contribution in [0.5, 0.6) is 0 Å². The average molecular weight is 1630 g/mol. The highest BCUT2D eigenvalue weighted by molar-refractivity contribution is 8.00. The summed E-state index contributed by atoms with van der Waals surface area (Å²) in [6.07, 6.45) is 6.56. The molecule has 2 fully saturated rings. The number of non-ortho nitro benzene ring substituents is 2. The van der Waals surface area contributed by atoms with Crippen LogP contribution in [0.25, 0.3) is 5.57 Å². The van der Waals surface area contributed by atoms with E-state index in [9.17, 15) is 73.3 Å². The lowest BCUT2D eigenvalue weighted by Gasteiger charge is -2.30. The highest BCUT2D eigenvalue weighted by atomic mass is 32.2. The Labute approximate surface area is 666 Å². The minimum absolute atomic E-state index is 0.0100. The predicted octanol–water partition coefficient (Wildman–Crippen LogP) is -0.290. The number of allylic oxidation sites excluding steroid dienone is 1. The number of unbranched alkanes of at least 4 members (excludes halogenated alkanes) is 1. The van der Waals surface area contributed by atoms with E-state index < -0.39 is 111 Å². The summed E-state index contributed by atoms with van der Waals surface area (Å²) in [5.41, 5.74) is 24.8. The van der Waals surface area contributed by atoms with E-state index in [0.29, 0.717) is 42.5 Å². The second kappa shape index (κ2) is 51.7. The van der Waals surface area contributed by atoms with E-state index in [1.165, 1.54) is 18.7 Å². The number of hydrogen-bond donors (Lipinski definition) is 17. The highest BCUT2D eigenvalue weighted by Crippen LogP contribution is 2.35. The summed E-state index contributed by atoms with van der Waals surface area (Å²) in [6, 6.07) is 0.969. The van der Waals surface area contributed by atoms with E-state index in [1.807, 2.05) is 62.9 Å². The number of urea groups is 1. The van der Waals surface area contributed by atoms with E-state index in [0.717, 1.165) is 60.8 Å². The van der Waals surface area contributed by atoms with Gasteiger partial charge in [-0.1, -0.05) is 57.5 Å². The number of carbonyl (C=O) groups is 10. The van der Waals surface area contributed by atoms with E-state index >= 15 is 0 Å². The number of rotatable bonds is 57. The molecule has 2 heterocycles. The van der Waals surface area contributed by atoms with E-state index in [-0.39, 0.29) is 184 Å². The number of carbonyl (C=O) groups excluding carboxylic acids is 10. The van der Waals surface area contributed by atoms with Gasteiger partial charge in [-0.3, -0.25) is 68.4 Å². The maximum atomic E-state index is 14.9. The van der Waals surface area contributed by atoms with Crippen LogP contribution in [-0.4, -0.2) is 256 Å². The molecule has 5 rings (SSSR count). The number of ether oxygens (including phenoxy) is 4. The molecule has 38 nitrogen and oxygen atoms in total. The number of nitrogens with two attached hydrogens (primary N) is 4. The number of amides is 11. The number of aliphatic imine (C=N–C) groups is 1. The quantitative estimate of drug-likeness (QED) is 0.0101. The zero-order valence-corrected chi connectivity index (χ0v) is 66.7. The average Bonchev–Trinajstić information content (AvgIpc) is 1.76. The van der Waals surface area contributed by atoms with Crippen molar-refractivity contribution in [2.24, 2.45) is 39.8 Å². The predicted molar refractivity (Wildman–Crippen MR) is 428 cm³/mol. The van der Waals surface area contributed by atoms with Crippen LogP contribution in [0.15, 0.2) is 53.5 Å². The van der Waals surface area contributed by atoms with Gasteiger partial charge in [0.1, 0.15) is 36.3 Å². The summed E-state index contributed by atoms with van der Waals surface area (Å²) >= 11 is 3.24. The lowest BCUT2D eigenvalue weighted by molar-refractivity contribution is -0.394. The number of nitrogens with one attached hydrogen (secondary N) is 12. The number of anilines is 1. The number of fused-ring (bicyclic) bond motifs is 2. The second-order valence-electron chi connectivity index (χ2n) is 28.0. The van der Waals surface area contributed by atoms with Crippen molar-refractivity contribution < 1.29 is 81.8 Å². The fraction of sp³-hybridized carbons (Fsp3) is 0.658. The number of aliphatic hydroxyl groups excluding tert-OH is 1. The molecule has 2 aromatic rings. The van der Waals surface area contributed by atoms with Gasteiger partial charge in [0.15, 0.2) is 5.96 Å². The smallest absolute Gasteiger partial charge is 0.315 e. The molecule has 2 saturated heterocycles. The van der Waals surface area contributed by atoms with Crippen LogP contribution in [0, 0.1) is 32.1 Å². The molecule has 0 radical (unpaired) electrons. The van der Waals surface area contributed by atoms with Crippen molar-refractivity contribution in [3.63, 3.8) is 0 Å². The van der Waals surface area contributed by atoms with Crippen LogP contribution in [-0.2, 0) is 68.5 Å². The minimum Gasteiger partial charge on any atom is -0.391 e. The number of aliphatic hydroxyl groups is 1. The Kier molecular flexibility index (Phi) is 43.2. The molecule has 1 aliphatic carbocycles. The Morgan fingerprint density at radius 3 is 1.85 bits per heavy atom. The van der Waals surface area contributed by atoms with Crippen LogP contribution in [0.3, 0.4) is 0 Å². The molecular formula is C73H117N19O19S2. The van der Waals surface area contributed by atoms with Gasteiger partial charge in [0.2, 0.25) is 53.2 Å². The molecule has 40 heteroatoms. The molecule has 1 unspecified atom stereocenters. The molecule has 0 spiro atoms. The molecule has 3 aliphatic rings. The maximum Gasteiger partial charge on any atom is 0.315 e. The number of guanidine groups is 1. The lowest BCUT2D eigenvalue weighted by atomic mass is 9.81. The van der Waals surface area contributed by atoms with Gasteiger partial charge in [-0.2, -0.15) is 23.5 Å². The lowest BCUT2D eigenvalue weighted by Crippen LogP contribution is -2.62. The molecule has 12 atom stereocenters. The van der Waals surface area contributed by atoms with E-state index in [4.69, 9.17) is 41.9 Å². The standard InChI is InChI=1S/C73H117N19O19S2/c1-6-46-37-47-12-7-8-13-52(47)48(38-46)39-58(87-67(98)54(14-11-22-82-72(76)77)83-65(96)53(75)18-23-78-49-40-50(91(104)105)42-51(41-49)92(106)107)70(101)89-63(45(4)93)71(102)85-55(17-21-74)68(99)84-56(20-35-112-5)69(100)86-57(36-44(2)3)66(97)81-26-28-109-30-32-111-34-33-110-31-29-108-27-19-62(95)80-25-24-79-61(94)16-10-9-15-60-64-59(43-113-60)88-73(103)90-64/h7-8,12-13,38,40-42,44-46,53-60,63-64,78,93H,6,9-11,14-37,39,43,74-75H2,1-5H3,(H,79,94)(H,80,95)(H,81,97)(H,83,96)(H,84,99)(H,85,102)(H,86,100)(H,87,98)(H,89,101)(H4,76,77,82)(H2,88,90,103)/t45-,46?,53+,54+,55+,56+,57+,58+,59+,60+,63+,64+/m1/s1. The molecular weight excluding hydrogens is 1510 g/mol. The third-order valence-corrected chi connectivity index (χ3v) is 20.8. The van der Waals surface area contributed by atoms with Gasteiger partial charge in [-0.15, -0.1) is 0 Å². The number of nitrogens with zero attached hydrogens (tertiary/aromatic N) is 3. The van der Waals surface area contributed by atoms with Crippen molar-refractivity contribution in [3.8, 4) is 0 Å². The summed E-state index contributed by atoms with van der Waals surface area (Å²) in [4.78, 5) is 161. The van der Waals surface area contributed by atoms with Crippen molar-refractivity contribution in [1.29, 1.82) is 0 Å². The van der Waals surface area contributed by atoms with Gasteiger partial charge < -0.3 is 111 Å². The molecule has 113 heavy (non-hydrogen) atoms. The van der Waals surface area contributed by atoms with Crippen molar-refractivity contribution in [2.45, 2.75) is 183 Å². The van der Waals surface area contributed by atoms with Gasteiger partial charge >= 0.3 is 6.03 Å². The second-order valence-corrected chi connectivity index (χ2v) is 30.3. The molecule has 2 aliphatic heterocycles. The zero-order valence-electron chi connectivity index (χ0n) is 65.1. The molecule has 0 aromatic heterocycles. The first kappa shape index (κ1) is 94.6. The molecule has 0 bridgehead atoms. The first-order chi connectivity index (χ1) is 54.1. The fourth-order valence-corrected chi connectivity index (χ4v) is 14.6. The Hall–Kier alpha value is -9.03. The molecule has 630 valence electrons. The monoisotopic (exact) mass is 1630 g/mol. The Morgan fingerprint density at radius 1 is 0.664 bits per heavy atom. The van der Waals surface area contributed by atoms with Gasteiger partial charge in [0.05, 0.1) is 93.0 Å². The van der Waals surface area contributed by atoms with Gasteiger partial charge in [-0.25, -0.2) is 4.79 Å². The summed E-state index contributed by atoms with van der Waals surface area (Å²) in [5.74, 6) is -5.00. The number of nitro groups is 2. The van der Waals surface area contributed by atoms with Crippen molar-refractivity contribution >= 4 is 111 Å². The van der Waals surface area contributed by atoms with Crippen molar-refractivity contribution in [1.82, 2.24) is 58.5 Å². The normalized spacial score (nSPS) is 17.6. The van der Waals surface area contributed by atoms with Gasteiger partial charge in [0, 0.05) is 80.8 Å². The third kappa shape index (κ3) is 35.1. The summed E-state index contributed by atoms with van der Waals surface area (Å²) < 4.78 is 22.3. The van der Waals surface area contributed by atoms with Crippen molar-refractivity contribution in [3.05, 3.63) is 79.9 Å². The Balaban J connectivity index is 1.09. The zero-order chi connectivity index (χ0) is 82.8. The highest BCUT2D eigenvalue weighted by Gasteiger charge is 2.43. The van der Waals surface area contributed by atoms with Crippen LogP contribution in [0.2, 0.25) is 0 Å². The first-order valence-electron chi connectivity index (χ1n) is 38.4. The SMILES string of the molecule is CCC1C=C(C[C@H](NC(=O)[C@H](CCCN=C(N)N)NC(=O)[C@@H](N)CCNc2cc([N+](=O)[O-])cc([N+](=O)[O-])c2)C(=O)N[C@H](C(=O)N[C@@H](CCN)C(=O)N[C@@H](CCSC)C(=O)N[C@@H](CC(C)C)C(=O)NCCOCCOCCOCCOCCC(=O)NCCNC(=O)CCCC[C@@H]2SC[C@@H]3NC(=O)N[C@@H]32)[C@@H](C)O)c2ccccc2C1. The molecule has 21 N–H and O–H groups in total. The van der Waals surface area contributed by atoms with Gasteiger partial charge in [-0.05, 0) is 118 Å². The number of benzene rings is 2. The van der Waals surface area contributed by atoms with Gasteiger partial charge in [0.25, 0.3) is 11.4 Å². The minimum atomic E-state index is -1.78. The van der Waals surface area contributed by atoms with E-state index in [1.54, 1.807) is 6.26 Å².